The summed E-state index contributed by atoms with van der Waals surface area (Å²) in [6.45, 7) is 3.06. The first-order chi connectivity index (χ1) is 9.70. The normalized spacial score (nSPS) is 19.7. The lowest BCUT2D eigenvalue weighted by Gasteiger charge is -2.23. The van der Waals surface area contributed by atoms with E-state index < -0.39 is 6.61 Å². The molecule has 112 valence electrons. The van der Waals surface area contributed by atoms with Crippen LogP contribution in [-0.4, -0.2) is 37.2 Å². The van der Waals surface area contributed by atoms with Crippen LogP contribution in [0, 0.1) is 0 Å². The van der Waals surface area contributed by atoms with Gasteiger partial charge >= 0.3 is 6.61 Å². The number of hydrogen-bond donors (Lipinski definition) is 1. The SMILES string of the molecule is CCN1CCCC1CNCc1ccccc1OC(F)F. The van der Waals surface area contributed by atoms with Crippen LogP contribution in [0.1, 0.15) is 25.3 Å². The quantitative estimate of drug-likeness (QED) is 0.833. The highest BCUT2D eigenvalue weighted by Gasteiger charge is 2.22. The molecule has 1 unspecified atom stereocenters. The number of ether oxygens (including phenoxy) is 1. The van der Waals surface area contributed by atoms with Crippen molar-refractivity contribution in [2.75, 3.05) is 19.6 Å². The second-order valence-electron chi connectivity index (χ2n) is 5.04. The number of para-hydroxylation sites is 1. The fourth-order valence-electron chi connectivity index (χ4n) is 2.78. The van der Waals surface area contributed by atoms with Crippen molar-refractivity contribution < 1.29 is 13.5 Å². The average Bonchev–Trinajstić information content (AvgIpc) is 2.87. The van der Waals surface area contributed by atoms with Crippen molar-refractivity contribution in [3.05, 3.63) is 29.8 Å². The van der Waals surface area contributed by atoms with Gasteiger partial charge in [-0.1, -0.05) is 25.1 Å². The molecule has 3 nitrogen and oxygen atoms in total. The molecule has 1 aliphatic heterocycles. The van der Waals surface area contributed by atoms with E-state index in [0.717, 1.165) is 25.2 Å². The maximum atomic E-state index is 12.3. The summed E-state index contributed by atoms with van der Waals surface area (Å²) in [6.07, 6.45) is 2.45. The maximum Gasteiger partial charge on any atom is 0.387 e. The van der Waals surface area contributed by atoms with Crippen LogP contribution < -0.4 is 10.1 Å². The third-order valence-electron chi connectivity index (χ3n) is 3.79. The van der Waals surface area contributed by atoms with E-state index in [2.05, 4.69) is 21.9 Å². The minimum absolute atomic E-state index is 0.258. The molecule has 0 amide bonds. The second kappa shape index (κ2) is 7.55. The first-order valence-corrected chi connectivity index (χ1v) is 7.18. The summed E-state index contributed by atoms with van der Waals surface area (Å²) in [6, 6.07) is 7.50. The van der Waals surface area contributed by atoms with Gasteiger partial charge in [-0.25, -0.2) is 0 Å². The Labute approximate surface area is 118 Å². The molecule has 0 aromatic heterocycles. The minimum Gasteiger partial charge on any atom is -0.434 e. The largest absolute Gasteiger partial charge is 0.434 e. The van der Waals surface area contributed by atoms with E-state index in [1.165, 1.54) is 12.8 Å². The van der Waals surface area contributed by atoms with Gasteiger partial charge in [-0.15, -0.1) is 0 Å². The number of likely N-dealkylation sites (tertiary alicyclic amines) is 1. The molecule has 0 saturated carbocycles. The number of likely N-dealkylation sites (N-methyl/N-ethyl adjacent to an activating group) is 1. The van der Waals surface area contributed by atoms with E-state index in [1.807, 2.05) is 12.1 Å². The smallest absolute Gasteiger partial charge is 0.387 e. The lowest BCUT2D eigenvalue weighted by Crippen LogP contribution is -2.37. The Hall–Kier alpha value is -1.20. The fourth-order valence-corrected chi connectivity index (χ4v) is 2.78. The summed E-state index contributed by atoms with van der Waals surface area (Å²) in [5.41, 5.74) is 0.772. The van der Waals surface area contributed by atoms with Gasteiger partial charge in [0.05, 0.1) is 0 Å². The zero-order valence-corrected chi connectivity index (χ0v) is 11.8. The molecular formula is C15H22F2N2O. The molecule has 1 heterocycles. The molecule has 1 atom stereocenters. The Bertz CT molecular complexity index is 415. The van der Waals surface area contributed by atoms with Crippen molar-refractivity contribution >= 4 is 0 Å². The van der Waals surface area contributed by atoms with Crippen molar-refractivity contribution in [3.63, 3.8) is 0 Å². The Kier molecular flexibility index (Phi) is 5.73. The van der Waals surface area contributed by atoms with E-state index in [1.54, 1.807) is 12.1 Å². The molecule has 1 saturated heterocycles. The van der Waals surface area contributed by atoms with E-state index in [-0.39, 0.29) is 5.75 Å². The summed E-state index contributed by atoms with van der Waals surface area (Å²) in [4.78, 5) is 2.45. The lowest BCUT2D eigenvalue weighted by atomic mass is 10.2. The van der Waals surface area contributed by atoms with Gasteiger partial charge in [0.15, 0.2) is 0 Å². The molecule has 5 heteroatoms. The Morgan fingerprint density at radius 1 is 1.40 bits per heavy atom. The maximum absolute atomic E-state index is 12.3. The van der Waals surface area contributed by atoms with Crippen LogP contribution in [0.15, 0.2) is 24.3 Å². The van der Waals surface area contributed by atoms with Crippen LogP contribution in [0.25, 0.3) is 0 Å². The molecule has 1 aromatic rings. The van der Waals surface area contributed by atoms with Gasteiger partial charge in [0, 0.05) is 24.7 Å². The molecule has 1 aromatic carbocycles. The summed E-state index contributed by atoms with van der Waals surface area (Å²) in [5.74, 6) is 0.258. The fraction of sp³-hybridized carbons (Fsp3) is 0.600. The average molecular weight is 284 g/mol. The Morgan fingerprint density at radius 3 is 2.95 bits per heavy atom. The molecule has 0 spiro atoms. The van der Waals surface area contributed by atoms with Crippen LogP contribution in [0.4, 0.5) is 8.78 Å². The third-order valence-corrected chi connectivity index (χ3v) is 3.79. The third kappa shape index (κ3) is 4.15. The molecule has 0 radical (unpaired) electrons. The van der Waals surface area contributed by atoms with E-state index >= 15 is 0 Å². The summed E-state index contributed by atoms with van der Waals surface area (Å²) in [7, 11) is 0. The molecular weight excluding hydrogens is 262 g/mol. The van der Waals surface area contributed by atoms with Crippen LogP contribution >= 0.6 is 0 Å². The first kappa shape index (κ1) is 15.2. The minimum atomic E-state index is -2.78. The molecule has 1 fully saturated rings. The Balaban J connectivity index is 1.84. The molecule has 20 heavy (non-hydrogen) atoms. The number of nitrogens with one attached hydrogen (secondary N) is 1. The van der Waals surface area contributed by atoms with E-state index in [4.69, 9.17) is 0 Å². The van der Waals surface area contributed by atoms with Gasteiger partial charge in [-0.05, 0) is 32.0 Å². The number of benzene rings is 1. The second-order valence-corrected chi connectivity index (χ2v) is 5.04. The topological polar surface area (TPSA) is 24.5 Å². The van der Waals surface area contributed by atoms with Crippen molar-refractivity contribution in [1.29, 1.82) is 0 Å². The molecule has 2 rings (SSSR count). The van der Waals surface area contributed by atoms with Gasteiger partial charge in [0.25, 0.3) is 0 Å². The molecule has 0 aliphatic carbocycles. The van der Waals surface area contributed by atoms with Crippen molar-refractivity contribution in [2.45, 2.75) is 39.0 Å². The highest BCUT2D eigenvalue weighted by Crippen LogP contribution is 2.20. The zero-order chi connectivity index (χ0) is 14.4. The predicted molar refractivity (Wildman–Crippen MR) is 75.0 cm³/mol. The predicted octanol–water partition coefficient (Wildman–Crippen LogP) is 2.86. The standard InChI is InChI=1S/C15H22F2N2O/c1-2-19-9-5-7-13(19)11-18-10-12-6-3-4-8-14(12)20-15(16)17/h3-4,6,8,13,15,18H,2,5,7,9-11H2,1H3. The number of halogens is 2. The number of rotatable bonds is 7. The lowest BCUT2D eigenvalue weighted by molar-refractivity contribution is -0.0505. The van der Waals surface area contributed by atoms with Crippen LogP contribution in [0.2, 0.25) is 0 Å². The van der Waals surface area contributed by atoms with Gasteiger partial charge in [0.2, 0.25) is 0 Å². The number of hydrogen-bond acceptors (Lipinski definition) is 3. The monoisotopic (exact) mass is 284 g/mol. The highest BCUT2D eigenvalue weighted by molar-refractivity contribution is 5.33. The Morgan fingerprint density at radius 2 is 2.20 bits per heavy atom. The first-order valence-electron chi connectivity index (χ1n) is 7.18. The number of nitrogens with zero attached hydrogens (tertiary/aromatic N) is 1. The van der Waals surface area contributed by atoms with Crippen molar-refractivity contribution in [3.8, 4) is 5.75 Å². The van der Waals surface area contributed by atoms with Crippen molar-refractivity contribution in [1.82, 2.24) is 10.2 Å². The molecule has 1 N–H and O–H groups in total. The van der Waals surface area contributed by atoms with Gasteiger partial charge < -0.3 is 10.1 Å². The molecule has 0 bridgehead atoms. The summed E-state index contributed by atoms with van der Waals surface area (Å²) >= 11 is 0. The van der Waals surface area contributed by atoms with Gasteiger partial charge in [-0.3, -0.25) is 4.90 Å². The highest BCUT2D eigenvalue weighted by atomic mass is 19.3. The van der Waals surface area contributed by atoms with Crippen LogP contribution in [0.5, 0.6) is 5.75 Å². The summed E-state index contributed by atoms with van der Waals surface area (Å²) in [5, 5.41) is 3.36. The van der Waals surface area contributed by atoms with Crippen molar-refractivity contribution in [2.24, 2.45) is 0 Å². The van der Waals surface area contributed by atoms with E-state index in [0.29, 0.717) is 12.6 Å². The number of alkyl halides is 2. The van der Waals surface area contributed by atoms with Gasteiger partial charge in [-0.2, -0.15) is 8.78 Å². The summed E-state index contributed by atoms with van der Waals surface area (Å²) < 4.78 is 29.2. The van der Waals surface area contributed by atoms with Crippen LogP contribution in [-0.2, 0) is 6.54 Å². The zero-order valence-electron chi connectivity index (χ0n) is 11.8. The van der Waals surface area contributed by atoms with E-state index in [9.17, 15) is 8.78 Å². The molecule has 1 aliphatic rings. The van der Waals surface area contributed by atoms with Gasteiger partial charge in [0.1, 0.15) is 5.75 Å². The van der Waals surface area contributed by atoms with Crippen LogP contribution in [0.3, 0.4) is 0 Å².